The number of hydrogen-bond donors (Lipinski definition) is 1. The smallest absolute Gasteiger partial charge is 0.0395 e. The standard InChI is InChI=1S/C22H24N2/c1-2-7-21(24-14-12-23-13-15-24)22-19-10-5-3-8-17(19)16-18-9-4-6-11-20(18)22/h2-6,8-11,16,21,23H,1,7,12-15H2/t21-/m1/s1. The minimum Gasteiger partial charge on any atom is -0.314 e. The van der Waals surface area contributed by atoms with E-state index in [0.29, 0.717) is 6.04 Å². The van der Waals surface area contributed by atoms with E-state index in [1.54, 1.807) is 0 Å². The lowest BCUT2D eigenvalue weighted by Crippen LogP contribution is -2.45. The summed E-state index contributed by atoms with van der Waals surface area (Å²) in [6.45, 7) is 8.36. The average Bonchev–Trinajstić information content (AvgIpc) is 2.65. The number of hydrogen-bond acceptors (Lipinski definition) is 2. The molecule has 0 amide bonds. The van der Waals surface area contributed by atoms with Crippen LogP contribution < -0.4 is 5.32 Å². The molecule has 1 aliphatic heterocycles. The van der Waals surface area contributed by atoms with Gasteiger partial charge in [0.25, 0.3) is 0 Å². The van der Waals surface area contributed by atoms with Gasteiger partial charge in [-0.1, -0.05) is 54.6 Å². The third-order valence-corrected chi connectivity index (χ3v) is 5.13. The van der Waals surface area contributed by atoms with E-state index in [9.17, 15) is 0 Å². The Morgan fingerprint density at radius 3 is 2.12 bits per heavy atom. The number of fused-ring (bicyclic) bond motifs is 2. The predicted octanol–water partition coefficient (Wildman–Crippen LogP) is 4.52. The van der Waals surface area contributed by atoms with Gasteiger partial charge < -0.3 is 5.32 Å². The van der Waals surface area contributed by atoms with E-state index in [1.165, 1.54) is 27.1 Å². The molecule has 0 aromatic heterocycles. The van der Waals surface area contributed by atoms with Crippen LogP contribution in [0.4, 0.5) is 0 Å². The molecule has 0 aliphatic carbocycles. The lowest BCUT2D eigenvalue weighted by Gasteiger charge is -2.36. The number of benzene rings is 3. The number of rotatable bonds is 4. The van der Waals surface area contributed by atoms with E-state index in [4.69, 9.17) is 0 Å². The van der Waals surface area contributed by atoms with Crippen LogP contribution in [0.3, 0.4) is 0 Å². The normalized spacial score (nSPS) is 17.2. The lowest BCUT2D eigenvalue weighted by molar-refractivity contribution is 0.176. The summed E-state index contributed by atoms with van der Waals surface area (Å²) < 4.78 is 0. The van der Waals surface area contributed by atoms with Crippen LogP contribution in [0, 0.1) is 0 Å². The summed E-state index contributed by atoms with van der Waals surface area (Å²) in [6, 6.07) is 20.3. The second kappa shape index (κ2) is 6.76. The van der Waals surface area contributed by atoms with Gasteiger partial charge in [0.15, 0.2) is 0 Å². The van der Waals surface area contributed by atoms with E-state index in [0.717, 1.165) is 32.6 Å². The quantitative estimate of drug-likeness (QED) is 0.562. The third kappa shape index (κ3) is 2.72. The van der Waals surface area contributed by atoms with E-state index < -0.39 is 0 Å². The molecule has 0 saturated carbocycles. The van der Waals surface area contributed by atoms with Gasteiger partial charge in [-0.15, -0.1) is 6.58 Å². The van der Waals surface area contributed by atoms with Crippen LogP contribution in [-0.4, -0.2) is 31.1 Å². The molecule has 1 fully saturated rings. The van der Waals surface area contributed by atoms with Crippen LogP contribution in [0.2, 0.25) is 0 Å². The predicted molar refractivity (Wildman–Crippen MR) is 103 cm³/mol. The largest absolute Gasteiger partial charge is 0.314 e. The Morgan fingerprint density at radius 2 is 1.54 bits per heavy atom. The number of nitrogens with one attached hydrogen (secondary N) is 1. The van der Waals surface area contributed by atoms with Crippen LogP contribution in [0.15, 0.2) is 67.3 Å². The molecule has 1 N–H and O–H groups in total. The first kappa shape index (κ1) is 15.4. The maximum atomic E-state index is 4.04. The molecule has 0 radical (unpaired) electrons. The Balaban J connectivity index is 1.97. The molecule has 122 valence electrons. The molecule has 3 aromatic carbocycles. The minimum absolute atomic E-state index is 0.389. The molecule has 1 saturated heterocycles. The summed E-state index contributed by atoms with van der Waals surface area (Å²) in [7, 11) is 0. The van der Waals surface area contributed by atoms with Crippen molar-refractivity contribution < 1.29 is 0 Å². The Morgan fingerprint density at radius 1 is 0.958 bits per heavy atom. The second-order valence-corrected chi connectivity index (χ2v) is 6.56. The summed E-state index contributed by atoms with van der Waals surface area (Å²) in [6.07, 6.45) is 3.06. The fourth-order valence-electron chi connectivity index (χ4n) is 4.01. The van der Waals surface area contributed by atoms with E-state index in [1.807, 2.05) is 0 Å². The molecular formula is C22H24N2. The zero-order valence-electron chi connectivity index (χ0n) is 14.0. The molecule has 2 heteroatoms. The fourth-order valence-corrected chi connectivity index (χ4v) is 4.01. The second-order valence-electron chi connectivity index (χ2n) is 6.56. The number of piperazine rings is 1. The lowest BCUT2D eigenvalue weighted by atomic mass is 9.89. The highest BCUT2D eigenvalue weighted by Crippen LogP contribution is 2.37. The zero-order valence-corrected chi connectivity index (χ0v) is 14.0. The van der Waals surface area contributed by atoms with E-state index in [-0.39, 0.29) is 0 Å². The topological polar surface area (TPSA) is 15.3 Å². The zero-order chi connectivity index (χ0) is 16.4. The molecule has 0 bridgehead atoms. The molecule has 1 aliphatic rings. The van der Waals surface area contributed by atoms with Crippen molar-refractivity contribution in [1.29, 1.82) is 0 Å². The first-order valence-corrected chi connectivity index (χ1v) is 8.84. The van der Waals surface area contributed by atoms with Gasteiger partial charge in [-0.05, 0) is 39.6 Å². The van der Waals surface area contributed by atoms with Gasteiger partial charge in [-0.3, -0.25) is 4.90 Å². The summed E-state index contributed by atoms with van der Waals surface area (Å²) >= 11 is 0. The van der Waals surface area contributed by atoms with Crippen molar-refractivity contribution >= 4 is 21.5 Å². The maximum absolute atomic E-state index is 4.04. The van der Waals surface area contributed by atoms with Crippen molar-refractivity contribution in [2.75, 3.05) is 26.2 Å². The van der Waals surface area contributed by atoms with Gasteiger partial charge in [0.05, 0.1) is 0 Å². The van der Waals surface area contributed by atoms with Crippen molar-refractivity contribution in [2.45, 2.75) is 12.5 Å². The highest BCUT2D eigenvalue weighted by atomic mass is 15.2. The van der Waals surface area contributed by atoms with Crippen molar-refractivity contribution in [3.05, 3.63) is 72.8 Å². The van der Waals surface area contributed by atoms with Crippen molar-refractivity contribution in [1.82, 2.24) is 10.2 Å². The van der Waals surface area contributed by atoms with Crippen LogP contribution in [0.5, 0.6) is 0 Å². The van der Waals surface area contributed by atoms with Gasteiger partial charge >= 0.3 is 0 Å². The fraction of sp³-hybridized carbons (Fsp3) is 0.273. The highest BCUT2D eigenvalue weighted by molar-refractivity contribution is 6.02. The summed E-state index contributed by atoms with van der Waals surface area (Å²) in [5.74, 6) is 0. The molecule has 0 unspecified atom stereocenters. The van der Waals surface area contributed by atoms with Crippen LogP contribution in [0.1, 0.15) is 18.0 Å². The maximum Gasteiger partial charge on any atom is 0.0395 e. The molecule has 1 atom stereocenters. The first-order chi connectivity index (χ1) is 11.9. The first-order valence-electron chi connectivity index (χ1n) is 8.84. The Bertz CT molecular complexity index is 808. The molecule has 1 heterocycles. The molecule has 2 nitrogen and oxygen atoms in total. The third-order valence-electron chi connectivity index (χ3n) is 5.13. The monoisotopic (exact) mass is 316 g/mol. The van der Waals surface area contributed by atoms with Crippen molar-refractivity contribution in [3.63, 3.8) is 0 Å². The van der Waals surface area contributed by atoms with Crippen LogP contribution in [0.25, 0.3) is 21.5 Å². The van der Waals surface area contributed by atoms with E-state index >= 15 is 0 Å². The van der Waals surface area contributed by atoms with Crippen LogP contribution in [-0.2, 0) is 0 Å². The minimum atomic E-state index is 0.389. The van der Waals surface area contributed by atoms with E-state index in [2.05, 4.69) is 77.5 Å². The Hall–Kier alpha value is -2.16. The Kier molecular flexibility index (Phi) is 4.33. The van der Waals surface area contributed by atoms with Crippen LogP contribution >= 0.6 is 0 Å². The molecular weight excluding hydrogens is 292 g/mol. The van der Waals surface area contributed by atoms with Gasteiger partial charge in [-0.25, -0.2) is 0 Å². The Labute approximate surface area is 143 Å². The van der Waals surface area contributed by atoms with Crippen molar-refractivity contribution in [2.24, 2.45) is 0 Å². The van der Waals surface area contributed by atoms with Gasteiger partial charge in [0, 0.05) is 32.2 Å². The summed E-state index contributed by atoms with van der Waals surface area (Å²) in [5.41, 5.74) is 1.46. The molecule has 4 rings (SSSR count). The number of nitrogens with zero attached hydrogens (tertiary/aromatic N) is 1. The SMILES string of the molecule is C=CC[C@H](c1c2ccccc2cc2ccccc12)N1CCNCC1. The molecule has 0 spiro atoms. The molecule has 3 aromatic rings. The summed E-state index contributed by atoms with van der Waals surface area (Å²) in [5, 5.41) is 8.88. The van der Waals surface area contributed by atoms with Crippen molar-refractivity contribution in [3.8, 4) is 0 Å². The van der Waals surface area contributed by atoms with Gasteiger partial charge in [0.2, 0.25) is 0 Å². The average molecular weight is 316 g/mol. The van der Waals surface area contributed by atoms with Gasteiger partial charge in [0.1, 0.15) is 0 Å². The summed E-state index contributed by atoms with van der Waals surface area (Å²) in [4.78, 5) is 2.62. The highest BCUT2D eigenvalue weighted by Gasteiger charge is 2.24. The van der Waals surface area contributed by atoms with Gasteiger partial charge in [-0.2, -0.15) is 0 Å². The molecule has 24 heavy (non-hydrogen) atoms.